The third kappa shape index (κ3) is 4.49. The van der Waals surface area contributed by atoms with E-state index in [2.05, 4.69) is 0 Å². The van der Waals surface area contributed by atoms with E-state index < -0.39 is 23.7 Å². The normalized spacial score (nSPS) is 15.7. The summed E-state index contributed by atoms with van der Waals surface area (Å²) in [5.74, 6) is -1.81. The van der Waals surface area contributed by atoms with E-state index in [-0.39, 0.29) is 4.91 Å². The lowest BCUT2D eigenvalue weighted by Crippen LogP contribution is -2.33. The Morgan fingerprint density at radius 3 is 2.23 bits per heavy atom. The Hall–Kier alpha value is -2.22. The number of nitrogens with zero attached hydrogens (tertiary/aromatic N) is 1. The van der Waals surface area contributed by atoms with Gasteiger partial charge in [0.15, 0.2) is 0 Å². The Morgan fingerprint density at radius 1 is 1.08 bits per heavy atom. The molecule has 0 saturated carbocycles. The van der Waals surface area contributed by atoms with Gasteiger partial charge in [-0.3, -0.25) is 19.3 Å². The highest BCUT2D eigenvalue weighted by molar-refractivity contribution is 8.18. The molecule has 5 nitrogen and oxygen atoms in total. The number of imide groups is 1. The predicted molar refractivity (Wildman–Crippen MR) is 102 cm³/mol. The van der Waals surface area contributed by atoms with Crippen LogP contribution in [0.5, 0.6) is 0 Å². The lowest BCUT2D eigenvalue weighted by Gasteiger charge is -2.07. The molecule has 1 fully saturated rings. The second-order valence-corrected chi connectivity index (χ2v) is 7.86. The third-order valence-electron chi connectivity index (χ3n) is 3.39. The molecule has 2 amide bonds. The SMILES string of the molecule is O=C(O)CN1C(=O)SC(=Cc2ccc(Sc3ccc(Cl)cc3)cc2)C1=O. The van der Waals surface area contributed by atoms with E-state index >= 15 is 0 Å². The first-order valence-corrected chi connectivity index (χ1v) is 9.44. The molecule has 1 heterocycles. The number of carbonyl (C=O) groups excluding carboxylic acids is 2. The highest BCUT2D eigenvalue weighted by Gasteiger charge is 2.36. The smallest absolute Gasteiger partial charge is 0.323 e. The van der Waals surface area contributed by atoms with Crippen LogP contribution in [-0.4, -0.2) is 33.7 Å². The molecule has 26 heavy (non-hydrogen) atoms. The second kappa shape index (κ2) is 7.99. The van der Waals surface area contributed by atoms with Crippen LogP contribution in [0.4, 0.5) is 4.79 Å². The number of carboxylic acids is 1. The minimum Gasteiger partial charge on any atom is -0.480 e. The number of rotatable bonds is 5. The predicted octanol–water partition coefficient (Wildman–Crippen LogP) is 4.61. The van der Waals surface area contributed by atoms with Crippen LogP contribution in [0.1, 0.15) is 5.56 Å². The topological polar surface area (TPSA) is 74.7 Å². The number of halogens is 1. The van der Waals surface area contributed by atoms with Crippen LogP contribution in [0.15, 0.2) is 63.2 Å². The van der Waals surface area contributed by atoms with Crippen molar-refractivity contribution in [3.63, 3.8) is 0 Å². The summed E-state index contributed by atoms with van der Waals surface area (Å²) in [4.78, 5) is 37.6. The molecule has 0 radical (unpaired) electrons. The molecule has 2 aromatic rings. The Morgan fingerprint density at radius 2 is 1.65 bits per heavy atom. The van der Waals surface area contributed by atoms with Crippen molar-refractivity contribution in [1.29, 1.82) is 0 Å². The number of thioether (sulfide) groups is 1. The number of carboxylic acid groups (broad SMARTS) is 1. The van der Waals surface area contributed by atoms with Gasteiger partial charge < -0.3 is 5.11 Å². The van der Waals surface area contributed by atoms with E-state index in [4.69, 9.17) is 16.7 Å². The number of carbonyl (C=O) groups is 3. The van der Waals surface area contributed by atoms with Crippen molar-refractivity contribution in [2.75, 3.05) is 6.54 Å². The molecule has 1 saturated heterocycles. The van der Waals surface area contributed by atoms with Gasteiger partial charge in [-0.1, -0.05) is 35.5 Å². The van der Waals surface area contributed by atoms with Crippen LogP contribution in [-0.2, 0) is 9.59 Å². The zero-order valence-electron chi connectivity index (χ0n) is 13.2. The van der Waals surface area contributed by atoms with Crippen molar-refractivity contribution in [2.24, 2.45) is 0 Å². The van der Waals surface area contributed by atoms with Gasteiger partial charge in [0.1, 0.15) is 6.54 Å². The van der Waals surface area contributed by atoms with Crippen LogP contribution in [0, 0.1) is 0 Å². The Bertz CT molecular complexity index is 894. The Labute approximate surface area is 163 Å². The van der Waals surface area contributed by atoms with Crippen LogP contribution < -0.4 is 0 Å². The number of hydrogen-bond acceptors (Lipinski definition) is 5. The monoisotopic (exact) mass is 405 g/mol. The van der Waals surface area contributed by atoms with Gasteiger partial charge in [-0.2, -0.15) is 0 Å². The van der Waals surface area contributed by atoms with Gasteiger partial charge in [0.2, 0.25) is 0 Å². The molecular formula is C18H12ClNO4S2. The maximum Gasteiger partial charge on any atom is 0.323 e. The molecular weight excluding hydrogens is 394 g/mol. The van der Waals surface area contributed by atoms with Crippen molar-refractivity contribution >= 4 is 58.3 Å². The van der Waals surface area contributed by atoms with E-state index in [1.54, 1.807) is 17.8 Å². The molecule has 0 bridgehead atoms. The van der Waals surface area contributed by atoms with Crippen LogP contribution in [0.2, 0.25) is 5.02 Å². The largest absolute Gasteiger partial charge is 0.480 e. The number of amides is 2. The highest BCUT2D eigenvalue weighted by Crippen LogP contribution is 2.33. The van der Waals surface area contributed by atoms with Crippen LogP contribution in [0.3, 0.4) is 0 Å². The summed E-state index contributed by atoms with van der Waals surface area (Å²) < 4.78 is 0. The van der Waals surface area contributed by atoms with Crippen molar-refractivity contribution in [3.05, 3.63) is 64.0 Å². The van der Waals surface area contributed by atoms with E-state index in [1.165, 1.54) is 0 Å². The molecule has 0 spiro atoms. The fourth-order valence-corrected chi connectivity index (χ4v) is 3.97. The van der Waals surface area contributed by atoms with Gasteiger partial charge in [0, 0.05) is 14.8 Å². The molecule has 0 aliphatic carbocycles. The summed E-state index contributed by atoms with van der Waals surface area (Å²) in [5.41, 5.74) is 0.756. The van der Waals surface area contributed by atoms with Gasteiger partial charge in [-0.25, -0.2) is 0 Å². The molecule has 3 rings (SSSR count). The van der Waals surface area contributed by atoms with Crippen molar-refractivity contribution in [3.8, 4) is 0 Å². The molecule has 2 aromatic carbocycles. The lowest BCUT2D eigenvalue weighted by molar-refractivity contribution is -0.140. The summed E-state index contributed by atoms with van der Waals surface area (Å²) in [6.07, 6.45) is 1.59. The van der Waals surface area contributed by atoms with E-state index in [0.717, 1.165) is 32.0 Å². The zero-order chi connectivity index (χ0) is 18.7. The number of hydrogen-bond donors (Lipinski definition) is 1. The van der Waals surface area contributed by atoms with Gasteiger partial charge in [0.05, 0.1) is 4.91 Å². The zero-order valence-corrected chi connectivity index (χ0v) is 15.6. The van der Waals surface area contributed by atoms with Gasteiger partial charge in [0.25, 0.3) is 11.1 Å². The number of aliphatic carboxylic acids is 1. The minimum atomic E-state index is -1.22. The summed E-state index contributed by atoms with van der Waals surface area (Å²) in [6.45, 7) is -0.626. The summed E-state index contributed by atoms with van der Waals surface area (Å²) in [5, 5.41) is 8.88. The molecule has 0 unspecified atom stereocenters. The summed E-state index contributed by atoms with van der Waals surface area (Å²) in [7, 11) is 0. The van der Waals surface area contributed by atoms with Gasteiger partial charge in [-0.15, -0.1) is 0 Å². The minimum absolute atomic E-state index is 0.217. The average molecular weight is 406 g/mol. The first-order valence-electron chi connectivity index (χ1n) is 7.43. The first kappa shape index (κ1) is 18.6. The quantitative estimate of drug-likeness (QED) is 0.732. The molecule has 0 aromatic heterocycles. The van der Waals surface area contributed by atoms with E-state index in [9.17, 15) is 14.4 Å². The maximum atomic E-state index is 12.1. The highest BCUT2D eigenvalue weighted by atomic mass is 35.5. The van der Waals surface area contributed by atoms with Crippen molar-refractivity contribution in [2.45, 2.75) is 9.79 Å². The summed E-state index contributed by atoms with van der Waals surface area (Å²) in [6, 6.07) is 15.0. The Kier molecular flexibility index (Phi) is 5.70. The van der Waals surface area contributed by atoms with Gasteiger partial charge >= 0.3 is 5.97 Å². The fraction of sp³-hybridized carbons (Fsp3) is 0.0556. The van der Waals surface area contributed by atoms with Gasteiger partial charge in [-0.05, 0) is 59.8 Å². The fourth-order valence-electron chi connectivity index (χ4n) is 2.19. The maximum absolute atomic E-state index is 12.1. The third-order valence-corrected chi connectivity index (χ3v) is 5.57. The van der Waals surface area contributed by atoms with E-state index in [1.807, 2.05) is 48.5 Å². The summed E-state index contributed by atoms with van der Waals surface area (Å²) >= 11 is 8.19. The Balaban J connectivity index is 1.71. The van der Waals surface area contributed by atoms with Crippen LogP contribution >= 0.6 is 35.1 Å². The van der Waals surface area contributed by atoms with Crippen LogP contribution in [0.25, 0.3) is 6.08 Å². The molecule has 1 aliphatic heterocycles. The first-order chi connectivity index (χ1) is 12.4. The molecule has 8 heteroatoms. The molecule has 1 aliphatic rings. The molecule has 132 valence electrons. The lowest BCUT2D eigenvalue weighted by atomic mass is 10.2. The second-order valence-electron chi connectivity index (χ2n) is 5.29. The average Bonchev–Trinajstić information content (AvgIpc) is 2.86. The van der Waals surface area contributed by atoms with Crippen molar-refractivity contribution in [1.82, 2.24) is 4.90 Å². The molecule has 1 N–H and O–H groups in total. The molecule has 0 atom stereocenters. The number of benzene rings is 2. The van der Waals surface area contributed by atoms with Crippen molar-refractivity contribution < 1.29 is 19.5 Å². The standard InChI is InChI=1S/C18H12ClNO4S2/c19-12-3-7-14(8-4-12)25-13-5-1-11(2-6-13)9-15-17(23)20(10-16(21)22)18(24)26-15/h1-9H,10H2,(H,21,22). The van der Waals surface area contributed by atoms with E-state index in [0.29, 0.717) is 5.02 Å².